The zero-order valence-electron chi connectivity index (χ0n) is 32.4. The van der Waals surface area contributed by atoms with E-state index in [0.29, 0.717) is 25.7 Å². The van der Waals surface area contributed by atoms with Crippen molar-refractivity contribution in [3.05, 3.63) is 60.8 Å². The molecule has 52 heavy (non-hydrogen) atoms. The number of hydrogen-bond donors (Lipinski definition) is 3. The fourth-order valence-corrected chi connectivity index (χ4v) is 5.70. The third-order valence-corrected chi connectivity index (χ3v) is 8.94. The average Bonchev–Trinajstić information content (AvgIpc) is 3.12. The van der Waals surface area contributed by atoms with Gasteiger partial charge < -0.3 is 25.2 Å². The second kappa shape index (κ2) is 37.0. The molecule has 0 spiro atoms. The Morgan fingerprint density at radius 1 is 0.673 bits per heavy atom. The van der Waals surface area contributed by atoms with Gasteiger partial charge in [0.2, 0.25) is 0 Å². The normalized spacial score (nSPS) is 14.6. The number of aliphatic hydroxyl groups excluding tert-OH is 1. The van der Waals surface area contributed by atoms with Crippen LogP contribution in [0.3, 0.4) is 0 Å². The maximum atomic E-state index is 12.5. The van der Waals surface area contributed by atoms with Crippen LogP contribution in [0.5, 0.6) is 0 Å². The molecule has 0 aromatic heterocycles. The van der Waals surface area contributed by atoms with Crippen molar-refractivity contribution in [3.8, 4) is 0 Å². The molecular formula is C41H72NO9P. The molecule has 4 N–H and O–H groups in total. The van der Waals surface area contributed by atoms with Crippen molar-refractivity contribution in [1.82, 2.24) is 0 Å². The Balaban J connectivity index is 4.41. The molecule has 0 aliphatic carbocycles. The lowest BCUT2D eigenvalue weighted by atomic mass is 10.1. The molecule has 0 aliphatic rings. The number of rotatable bonds is 36. The summed E-state index contributed by atoms with van der Waals surface area (Å²) in [7, 11) is -4.41. The molecular weight excluding hydrogens is 681 g/mol. The minimum absolute atomic E-state index is 0.0312. The molecule has 3 atom stereocenters. The molecule has 1 unspecified atom stereocenters. The lowest BCUT2D eigenvalue weighted by molar-refractivity contribution is -0.161. The van der Waals surface area contributed by atoms with Crippen LogP contribution in [-0.2, 0) is 32.7 Å². The van der Waals surface area contributed by atoms with E-state index in [2.05, 4.69) is 32.1 Å². The van der Waals surface area contributed by atoms with E-state index in [1.54, 1.807) is 6.08 Å². The summed E-state index contributed by atoms with van der Waals surface area (Å²) in [6.07, 6.45) is 38.5. The Hall–Kier alpha value is -2.33. The van der Waals surface area contributed by atoms with Crippen molar-refractivity contribution in [3.63, 3.8) is 0 Å². The van der Waals surface area contributed by atoms with Gasteiger partial charge in [0.15, 0.2) is 6.10 Å². The summed E-state index contributed by atoms with van der Waals surface area (Å²) in [5.41, 5.74) is 5.32. The third-order valence-electron chi connectivity index (χ3n) is 7.96. The molecule has 0 aromatic carbocycles. The van der Waals surface area contributed by atoms with E-state index in [4.69, 9.17) is 24.3 Å². The van der Waals surface area contributed by atoms with Crippen molar-refractivity contribution >= 4 is 19.8 Å². The number of ether oxygens (including phenoxy) is 2. The van der Waals surface area contributed by atoms with Crippen molar-refractivity contribution < 1.29 is 42.7 Å². The highest BCUT2D eigenvalue weighted by atomic mass is 31.2. The molecule has 0 radical (unpaired) electrons. The summed E-state index contributed by atoms with van der Waals surface area (Å²) in [5, 5.41) is 10.0. The summed E-state index contributed by atoms with van der Waals surface area (Å²) in [4.78, 5) is 34.7. The van der Waals surface area contributed by atoms with Crippen molar-refractivity contribution in [2.45, 2.75) is 161 Å². The number of carbonyl (C=O) groups is 2. The number of allylic oxidation sites excluding steroid dienone is 8. The number of unbranched alkanes of at least 4 members (excludes halogenated alkanes) is 13. The van der Waals surface area contributed by atoms with Gasteiger partial charge in [-0.2, -0.15) is 0 Å². The Bertz CT molecular complexity index is 1060. The molecule has 0 saturated carbocycles. The largest absolute Gasteiger partial charge is 0.472 e. The van der Waals surface area contributed by atoms with Crippen LogP contribution >= 0.6 is 7.82 Å². The summed E-state index contributed by atoms with van der Waals surface area (Å²) in [6, 6.07) is 0. The molecule has 0 aromatic rings. The Labute approximate surface area is 315 Å². The minimum Gasteiger partial charge on any atom is -0.462 e. The van der Waals surface area contributed by atoms with Crippen molar-refractivity contribution in [2.75, 3.05) is 26.4 Å². The number of carbonyl (C=O) groups excluding carboxylic acids is 2. The van der Waals surface area contributed by atoms with Crippen LogP contribution in [0.1, 0.15) is 149 Å². The number of aliphatic hydroxyl groups is 1. The zero-order valence-corrected chi connectivity index (χ0v) is 33.3. The van der Waals surface area contributed by atoms with Crippen LogP contribution < -0.4 is 5.73 Å². The molecule has 0 saturated heterocycles. The van der Waals surface area contributed by atoms with Gasteiger partial charge in [-0.15, -0.1) is 0 Å². The van der Waals surface area contributed by atoms with Crippen LogP contribution in [0.2, 0.25) is 0 Å². The van der Waals surface area contributed by atoms with Gasteiger partial charge in [-0.05, 0) is 70.6 Å². The van der Waals surface area contributed by atoms with Gasteiger partial charge in [0.05, 0.1) is 19.3 Å². The van der Waals surface area contributed by atoms with E-state index in [1.807, 2.05) is 36.5 Å². The van der Waals surface area contributed by atoms with Crippen LogP contribution in [0.4, 0.5) is 0 Å². The molecule has 0 heterocycles. The zero-order chi connectivity index (χ0) is 38.4. The summed E-state index contributed by atoms with van der Waals surface area (Å²) < 4.78 is 32.6. The second-order valence-electron chi connectivity index (χ2n) is 13.0. The molecule has 0 aliphatic heterocycles. The predicted molar refractivity (Wildman–Crippen MR) is 212 cm³/mol. The average molecular weight is 754 g/mol. The summed E-state index contributed by atoms with van der Waals surface area (Å²) in [5.74, 6) is -0.950. The number of nitrogens with two attached hydrogens (primary N) is 1. The maximum absolute atomic E-state index is 12.5. The monoisotopic (exact) mass is 753 g/mol. The first-order chi connectivity index (χ1) is 25.2. The number of phosphoric acid groups is 1. The second-order valence-corrected chi connectivity index (χ2v) is 14.4. The molecule has 300 valence electrons. The van der Waals surface area contributed by atoms with Gasteiger partial charge in [-0.25, -0.2) is 4.57 Å². The standard InChI is InChI=1S/C41H72NO9P/c1-3-5-7-9-11-12-13-14-15-16-20-24-28-32-40(44)48-36-39(37-50-52(46,47)49-35-34-42)51-41(45)33-29-25-21-18-17-19-23-27-31-38(43)30-26-22-10-8-6-4-2/h12-13,18-19,21-23,26-27,31,38-39,43H,3-11,14-17,20,24-25,28-30,32-37,42H2,1-2H3,(H,46,47)/b13-12-,21-18-,23-19-,26-22-,31-27+/t38-,39+/m0/s1. The summed E-state index contributed by atoms with van der Waals surface area (Å²) >= 11 is 0. The smallest absolute Gasteiger partial charge is 0.462 e. The van der Waals surface area contributed by atoms with E-state index in [9.17, 15) is 24.2 Å². The van der Waals surface area contributed by atoms with Crippen LogP contribution in [0, 0.1) is 0 Å². The van der Waals surface area contributed by atoms with E-state index in [1.165, 1.54) is 44.9 Å². The van der Waals surface area contributed by atoms with Crippen LogP contribution in [-0.4, -0.2) is 60.5 Å². The predicted octanol–water partition coefficient (Wildman–Crippen LogP) is 9.91. The van der Waals surface area contributed by atoms with Gasteiger partial charge >= 0.3 is 19.8 Å². The van der Waals surface area contributed by atoms with Gasteiger partial charge in [0.1, 0.15) is 6.61 Å². The Morgan fingerprint density at radius 2 is 1.25 bits per heavy atom. The minimum atomic E-state index is -4.41. The maximum Gasteiger partial charge on any atom is 0.472 e. The molecule has 11 heteroatoms. The topological polar surface area (TPSA) is 155 Å². The first kappa shape index (κ1) is 49.7. The van der Waals surface area contributed by atoms with Crippen LogP contribution in [0.25, 0.3) is 0 Å². The first-order valence-corrected chi connectivity index (χ1v) is 21.4. The highest BCUT2D eigenvalue weighted by Gasteiger charge is 2.25. The lowest BCUT2D eigenvalue weighted by Gasteiger charge is -2.19. The highest BCUT2D eigenvalue weighted by Crippen LogP contribution is 2.43. The van der Waals surface area contributed by atoms with Gasteiger partial charge in [-0.1, -0.05) is 126 Å². The summed E-state index contributed by atoms with van der Waals surface area (Å²) in [6.45, 7) is 3.49. The van der Waals surface area contributed by atoms with Crippen LogP contribution in [0.15, 0.2) is 60.8 Å². The van der Waals surface area contributed by atoms with E-state index in [-0.39, 0.29) is 32.6 Å². The molecule has 0 amide bonds. The number of esters is 2. The third kappa shape index (κ3) is 36.0. The van der Waals surface area contributed by atoms with Crippen molar-refractivity contribution in [2.24, 2.45) is 5.73 Å². The molecule has 0 bridgehead atoms. The Morgan fingerprint density at radius 3 is 1.96 bits per heavy atom. The SMILES string of the molecule is CCCCC/C=C\C[C@H](O)/C=C/C=C\C/C=C\CCCC(=O)O[C@H](COC(=O)CCCCCCC/C=C\CCCCCC)COP(=O)(O)OCCN. The van der Waals surface area contributed by atoms with Gasteiger partial charge in [-0.3, -0.25) is 18.6 Å². The fourth-order valence-electron chi connectivity index (χ4n) is 4.94. The number of phosphoric ester groups is 1. The lowest BCUT2D eigenvalue weighted by Crippen LogP contribution is -2.29. The van der Waals surface area contributed by atoms with Crippen molar-refractivity contribution in [1.29, 1.82) is 0 Å². The van der Waals surface area contributed by atoms with Gasteiger partial charge in [0.25, 0.3) is 0 Å². The first-order valence-electron chi connectivity index (χ1n) is 19.9. The quantitative estimate of drug-likeness (QED) is 0.0185. The van der Waals surface area contributed by atoms with E-state index < -0.39 is 38.6 Å². The molecule has 0 fully saturated rings. The fraction of sp³-hybridized carbons (Fsp3) is 0.707. The molecule has 0 rings (SSSR count). The van der Waals surface area contributed by atoms with E-state index in [0.717, 1.165) is 51.4 Å². The Kier molecular flexibility index (Phi) is 35.3. The number of hydrogen-bond acceptors (Lipinski definition) is 9. The molecule has 10 nitrogen and oxygen atoms in total. The van der Waals surface area contributed by atoms with Gasteiger partial charge in [0, 0.05) is 19.4 Å². The van der Waals surface area contributed by atoms with E-state index >= 15 is 0 Å². The highest BCUT2D eigenvalue weighted by molar-refractivity contribution is 7.47.